The Morgan fingerprint density at radius 3 is 2.57 bits per heavy atom. The van der Waals surface area contributed by atoms with Gasteiger partial charge in [-0.15, -0.1) is 0 Å². The Morgan fingerprint density at radius 2 is 1.92 bits per heavy atom. The van der Waals surface area contributed by atoms with Crippen LogP contribution in [0.4, 0.5) is 11.8 Å². The summed E-state index contributed by atoms with van der Waals surface area (Å²) in [5, 5.41) is 16.1. The van der Waals surface area contributed by atoms with Gasteiger partial charge in [-0.3, -0.25) is 9.32 Å². The zero-order chi connectivity index (χ0) is 26.2. The Labute approximate surface area is 219 Å². The number of hydrogen-bond acceptors (Lipinski definition) is 8. The van der Waals surface area contributed by atoms with Crippen molar-refractivity contribution in [1.82, 2.24) is 15.3 Å². The number of nitrogens with one attached hydrogen (secondary N) is 2. The summed E-state index contributed by atoms with van der Waals surface area (Å²) in [4.78, 5) is 42.7. The lowest BCUT2D eigenvalue weighted by molar-refractivity contribution is 0.0820. The highest BCUT2D eigenvalue weighted by Gasteiger charge is 2.46. The number of fused-ring (bicyclic) bond motifs is 1. The standard InChI is InChI=1S/C24H31ClN5O6P/c25-21-7-14(1-2-15(21)13-31)9-26-22-20(10-27-24(29-22)30-11-16-8-17(16)12-30)23(32)28-18-3-5-19(6-4-18)36-37(33,34)35/h1-2,7,10,16-19,31H,3-6,8-9,11-13H2,(H,28,32)(H,26,27,29)(H2,33,34,35). The minimum absolute atomic E-state index is 0.142. The Morgan fingerprint density at radius 1 is 1.19 bits per heavy atom. The Balaban J connectivity index is 1.28. The molecule has 1 aliphatic heterocycles. The first-order valence-electron chi connectivity index (χ1n) is 12.5. The first-order valence-corrected chi connectivity index (χ1v) is 14.4. The van der Waals surface area contributed by atoms with Gasteiger partial charge in [-0.25, -0.2) is 9.55 Å². The van der Waals surface area contributed by atoms with Crippen molar-refractivity contribution in [3.63, 3.8) is 0 Å². The minimum Gasteiger partial charge on any atom is -0.392 e. The number of phosphoric acid groups is 1. The largest absolute Gasteiger partial charge is 0.469 e. The number of nitrogens with zero attached hydrogens (tertiary/aromatic N) is 3. The van der Waals surface area contributed by atoms with Gasteiger partial charge in [0.1, 0.15) is 11.4 Å². The average molecular weight is 552 g/mol. The normalized spacial score (nSPS) is 25.0. The second kappa shape index (κ2) is 10.8. The van der Waals surface area contributed by atoms with E-state index in [1.54, 1.807) is 18.3 Å². The van der Waals surface area contributed by atoms with Crippen molar-refractivity contribution in [3.05, 3.63) is 46.1 Å². The van der Waals surface area contributed by atoms with Crippen LogP contribution in [-0.2, 0) is 22.2 Å². The summed E-state index contributed by atoms with van der Waals surface area (Å²) in [6.45, 7) is 2.08. The molecular weight excluding hydrogens is 521 g/mol. The lowest BCUT2D eigenvalue weighted by Gasteiger charge is -2.29. The maximum absolute atomic E-state index is 13.2. The van der Waals surface area contributed by atoms with E-state index < -0.39 is 13.9 Å². The molecule has 13 heteroatoms. The molecule has 1 saturated heterocycles. The van der Waals surface area contributed by atoms with Gasteiger partial charge in [0.15, 0.2) is 0 Å². The van der Waals surface area contributed by atoms with Gasteiger partial charge in [-0.2, -0.15) is 4.98 Å². The van der Waals surface area contributed by atoms with Crippen LogP contribution in [0.25, 0.3) is 0 Å². The molecule has 2 atom stereocenters. The number of rotatable bonds is 9. The molecular formula is C24H31ClN5O6P. The number of benzene rings is 1. The summed E-state index contributed by atoms with van der Waals surface area (Å²) in [6.07, 6.45) is 4.26. The number of hydrogen-bond donors (Lipinski definition) is 5. The maximum Gasteiger partial charge on any atom is 0.469 e. The van der Waals surface area contributed by atoms with Gasteiger partial charge in [-0.1, -0.05) is 23.7 Å². The molecule has 2 aliphatic carbocycles. The Kier molecular flexibility index (Phi) is 7.72. The van der Waals surface area contributed by atoms with Crippen LogP contribution in [0.5, 0.6) is 0 Å². The summed E-state index contributed by atoms with van der Waals surface area (Å²) in [5.41, 5.74) is 1.84. The van der Waals surface area contributed by atoms with Gasteiger partial charge < -0.3 is 30.4 Å². The number of anilines is 2. The smallest absolute Gasteiger partial charge is 0.392 e. The number of aliphatic hydroxyl groups excluding tert-OH is 1. The number of carbonyl (C=O) groups excluding carboxylic acids is 1. The predicted octanol–water partition coefficient (Wildman–Crippen LogP) is 2.84. The molecule has 200 valence electrons. The molecule has 1 amide bonds. The van der Waals surface area contributed by atoms with E-state index in [1.807, 2.05) is 6.07 Å². The second-order valence-corrected chi connectivity index (χ2v) is 11.7. The fourth-order valence-corrected chi connectivity index (χ4v) is 6.03. The third-order valence-electron chi connectivity index (χ3n) is 7.33. The van der Waals surface area contributed by atoms with E-state index in [4.69, 9.17) is 30.9 Å². The van der Waals surface area contributed by atoms with E-state index in [1.165, 1.54) is 6.42 Å². The fourth-order valence-electron chi connectivity index (χ4n) is 5.17. The van der Waals surface area contributed by atoms with E-state index >= 15 is 0 Å². The third-order valence-corrected chi connectivity index (χ3v) is 8.25. The SMILES string of the molecule is O=C(NC1CCC(OP(=O)(O)O)CC1)c1cnc(N2CC3CC3C2)nc1NCc1ccc(CO)c(Cl)c1. The van der Waals surface area contributed by atoms with Crippen LogP contribution < -0.4 is 15.5 Å². The van der Waals surface area contributed by atoms with Crippen LogP contribution in [0, 0.1) is 11.8 Å². The highest BCUT2D eigenvalue weighted by Crippen LogP contribution is 2.45. The molecule has 11 nitrogen and oxygen atoms in total. The lowest BCUT2D eigenvalue weighted by atomic mass is 9.93. The van der Waals surface area contributed by atoms with Crippen LogP contribution in [0.3, 0.4) is 0 Å². The molecule has 5 rings (SSSR count). The molecule has 5 N–H and O–H groups in total. The van der Waals surface area contributed by atoms with E-state index in [0.29, 0.717) is 72.0 Å². The molecule has 2 heterocycles. The van der Waals surface area contributed by atoms with Crippen molar-refractivity contribution in [2.45, 2.75) is 57.4 Å². The zero-order valence-corrected chi connectivity index (χ0v) is 21.9. The monoisotopic (exact) mass is 551 g/mol. The number of amides is 1. The molecule has 3 fully saturated rings. The summed E-state index contributed by atoms with van der Waals surface area (Å²) < 4.78 is 15.9. The van der Waals surface area contributed by atoms with Crippen molar-refractivity contribution in [3.8, 4) is 0 Å². The van der Waals surface area contributed by atoms with Crippen LogP contribution >= 0.6 is 19.4 Å². The fraction of sp³-hybridized carbons (Fsp3) is 0.542. The minimum atomic E-state index is -4.53. The summed E-state index contributed by atoms with van der Waals surface area (Å²) in [7, 11) is -4.53. The first kappa shape index (κ1) is 26.3. The molecule has 0 radical (unpaired) electrons. The van der Waals surface area contributed by atoms with E-state index in [9.17, 15) is 14.5 Å². The number of aliphatic hydroxyl groups is 1. The third kappa shape index (κ3) is 6.60. The van der Waals surface area contributed by atoms with Gasteiger partial charge >= 0.3 is 7.82 Å². The molecule has 37 heavy (non-hydrogen) atoms. The van der Waals surface area contributed by atoms with Crippen molar-refractivity contribution < 1.29 is 28.8 Å². The summed E-state index contributed by atoms with van der Waals surface area (Å²) in [5.74, 6) is 2.12. The Hall–Kier alpha value is -2.27. The predicted molar refractivity (Wildman–Crippen MR) is 137 cm³/mol. The van der Waals surface area contributed by atoms with Crippen LogP contribution in [0.2, 0.25) is 5.02 Å². The zero-order valence-electron chi connectivity index (χ0n) is 20.2. The van der Waals surface area contributed by atoms with E-state index in [-0.39, 0.29) is 18.6 Å². The van der Waals surface area contributed by atoms with Gasteiger partial charge in [-0.05, 0) is 61.1 Å². The number of halogens is 1. The average Bonchev–Trinajstić information content (AvgIpc) is 3.47. The maximum atomic E-state index is 13.2. The van der Waals surface area contributed by atoms with Crippen molar-refractivity contribution in [1.29, 1.82) is 0 Å². The van der Waals surface area contributed by atoms with Gasteiger partial charge in [0.2, 0.25) is 5.95 Å². The quantitative estimate of drug-likeness (QED) is 0.293. The van der Waals surface area contributed by atoms with Crippen molar-refractivity contribution in [2.24, 2.45) is 11.8 Å². The van der Waals surface area contributed by atoms with Crippen molar-refractivity contribution >= 4 is 37.1 Å². The molecule has 0 bridgehead atoms. The van der Waals surface area contributed by atoms with Gasteiger partial charge in [0.05, 0.1) is 12.7 Å². The highest BCUT2D eigenvalue weighted by atomic mass is 35.5. The summed E-state index contributed by atoms with van der Waals surface area (Å²) >= 11 is 6.24. The topological polar surface area (TPSA) is 157 Å². The molecule has 1 aromatic carbocycles. The second-order valence-electron chi connectivity index (χ2n) is 10.1. The number of piperidine rings is 1. The molecule has 2 aromatic rings. The van der Waals surface area contributed by atoms with Gasteiger partial charge in [0.25, 0.3) is 5.91 Å². The van der Waals surface area contributed by atoms with Crippen LogP contribution in [0.1, 0.15) is 53.6 Å². The Bertz CT molecular complexity index is 1190. The van der Waals surface area contributed by atoms with Gasteiger partial charge in [0, 0.05) is 36.9 Å². The van der Waals surface area contributed by atoms with E-state index in [0.717, 1.165) is 18.7 Å². The number of phosphoric ester groups is 1. The number of carbonyl (C=O) groups is 1. The molecule has 0 spiro atoms. The first-order chi connectivity index (χ1) is 17.7. The summed E-state index contributed by atoms with van der Waals surface area (Å²) in [6, 6.07) is 5.25. The highest BCUT2D eigenvalue weighted by molar-refractivity contribution is 7.46. The number of aromatic nitrogens is 2. The molecule has 2 saturated carbocycles. The molecule has 1 aromatic heterocycles. The van der Waals surface area contributed by atoms with E-state index in [2.05, 4.69) is 20.5 Å². The lowest BCUT2D eigenvalue weighted by Crippen LogP contribution is -2.39. The molecule has 2 unspecified atom stereocenters. The van der Waals surface area contributed by atoms with Crippen LogP contribution in [0.15, 0.2) is 24.4 Å². The molecule has 3 aliphatic rings. The van der Waals surface area contributed by atoms with Crippen molar-refractivity contribution in [2.75, 3.05) is 23.3 Å². The van der Waals surface area contributed by atoms with Crippen LogP contribution in [-0.4, -0.2) is 56.0 Å².